The van der Waals surface area contributed by atoms with Gasteiger partial charge in [-0.05, 0) is 63.3 Å². The van der Waals surface area contributed by atoms with Gasteiger partial charge >= 0.3 is 29.6 Å². The number of aromatic amines is 2. The van der Waals surface area contributed by atoms with Crippen molar-refractivity contribution in [1.29, 1.82) is 0 Å². The van der Waals surface area contributed by atoms with Crippen molar-refractivity contribution >= 4 is 39.7 Å². The number of rotatable bonds is 4. The summed E-state index contributed by atoms with van der Waals surface area (Å²) in [6.07, 6.45) is 1.55. The third kappa shape index (κ3) is 5.41. The fourth-order valence-corrected chi connectivity index (χ4v) is 3.91. The Morgan fingerprint density at radius 2 is 1.71 bits per heavy atom. The average Bonchev–Trinajstić information content (AvgIpc) is 3.47. The smallest absolute Gasteiger partial charge is 0.659 e. The first kappa shape index (κ1) is 26.1. The number of imidazole rings is 2. The molecule has 172 valence electrons. The summed E-state index contributed by atoms with van der Waals surface area (Å²) in [6.45, 7) is 10.8. The van der Waals surface area contributed by atoms with E-state index in [0.29, 0.717) is 5.82 Å². The van der Waals surface area contributed by atoms with Crippen molar-refractivity contribution in [3.05, 3.63) is 53.4 Å². The summed E-state index contributed by atoms with van der Waals surface area (Å²) >= 11 is 0. The van der Waals surface area contributed by atoms with Gasteiger partial charge in [-0.3, -0.25) is 4.99 Å². The Kier molecular flexibility index (Phi) is 9.02. The molecular weight excluding hydrogens is 440 g/mol. The molecule has 0 radical (unpaired) electrons. The van der Waals surface area contributed by atoms with Gasteiger partial charge in [0.2, 0.25) is 0 Å². The minimum absolute atomic E-state index is 0. The third-order valence-electron chi connectivity index (χ3n) is 5.45. The number of piperazine rings is 1. The molecule has 0 unspecified atom stereocenters. The van der Waals surface area contributed by atoms with Crippen LogP contribution in [0.5, 0.6) is 0 Å². The van der Waals surface area contributed by atoms with E-state index in [4.69, 9.17) is 4.98 Å². The van der Waals surface area contributed by atoms with Gasteiger partial charge in [0.1, 0.15) is 17.3 Å². The maximum absolute atomic E-state index is 13.9. The van der Waals surface area contributed by atoms with E-state index in [1.165, 1.54) is 12.6 Å². The molecule has 1 aliphatic rings. The average molecular weight is 470 g/mol. The molecule has 2 aromatic heterocycles. The van der Waals surface area contributed by atoms with Crippen LogP contribution in [0.15, 0.2) is 47.2 Å². The summed E-state index contributed by atoms with van der Waals surface area (Å²) in [6, 6.07) is 12.1. The molecule has 4 aromatic rings. The molecule has 0 bridgehead atoms. The molecule has 5 rings (SSSR count). The topological polar surface area (TPSA) is 87.1 Å². The Hall–Kier alpha value is -2.52. The number of hydrogen-bond acceptors (Lipinski definition) is 4. The van der Waals surface area contributed by atoms with Crippen molar-refractivity contribution in [2.75, 3.05) is 31.1 Å². The third-order valence-corrected chi connectivity index (χ3v) is 5.45. The number of aliphatic imine (C=N–C) groups is 1. The number of fused-ring (bicyclic) bond motifs is 2. The first-order chi connectivity index (χ1) is 16.1. The Morgan fingerprint density at radius 3 is 2.41 bits per heavy atom. The van der Waals surface area contributed by atoms with E-state index in [1.807, 2.05) is 38.1 Å². The van der Waals surface area contributed by atoms with Crippen LogP contribution in [0.25, 0.3) is 44.5 Å². The predicted molar refractivity (Wildman–Crippen MR) is 136 cm³/mol. The second kappa shape index (κ2) is 11.8. The maximum Gasteiger partial charge on any atom is 1.00 e. The second-order valence-corrected chi connectivity index (χ2v) is 7.53. The molecule has 0 aliphatic carbocycles. The normalized spacial score (nSPS) is 14.7. The first-order valence-electron chi connectivity index (χ1n) is 11.4. The zero-order valence-electron chi connectivity index (χ0n) is 20.5. The molecule has 9 heteroatoms. The van der Waals surface area contributed by atoms with Gasteiger partial charge in [0, 0.05) is 17.5 Å². The van der Waals surface area contributed by atoms with Crippen LogP contribution in [0.4, 0.5) is 10.1 Å². The van der Waals surface area contributed by atoms with Crippen LogP contribution in [0, 0.1) is 0 Å². The Balaban J connectivity index is 0.00000105. The summed E-state index contributed by atoms with van der Waals surface area (Å²) in [5.41, 5.74) is 5.79. The zero-order chi connectivity index (χ0) is 23.4. The quantitative estimate of drug-likeness (QED) is 0.356. The Morgan fingerprint density at radius 1 is 1.03 bits per heavy atom. The van der Waals surface area contributed by atoms with Gasteiger partial charge in [-0.2, -0.15) is 0 Å². The van der Waals surface area contributed by atoms with Gasteiger partial charge in [-0.15, -0.1) is 13.1 Å². The number of hydrogen-bond donors (Lipinski definition) is 2. The number of benzene rings is 2. The molecule has 1 saturated heterocycles. The van der Waals surface area contributed by atoms with Crippen LogP contribution in [0.3, 0.4) is 0 Å². The fraction of sp³-hybridized carbons (Fsp3) is 0.320. The number of nitrogens with one attached hydrogen (secondary N) is 2. The number of H-pyrrole nitrogens is 2. The SMILES string of the molecule is CC.CC=N/C(=C(\C)F)c1nc2ccc(-c3nc4ccc(N5CC[N-]CC5)cc4[nH]3)cc2[nH]1.[Na+]. The van der Waals surface area contributed by atoms with Gasteiger partial charge in [0.15, 0.2) is 5.82 Å². The van der Waals surface area contributed by atoms with Gasteiger partial charge in [0.05, 0.1) is 22.1 Å². The molecule has 1 aliphatic heterocycles. The Labute approximate surface area is 221 Å². The number of aromatic nitrogens is 4. The van der Waals surface area contributed by atoms with E-state index in [0.717, 1.165) is 59.6 Å². The molecule has 0 amide bonds. The monoisotopic (exact) mass is 469 g/mol. The van der Waals surface area contributed by atoms with Crippen LogP contribution in [0.1, 0.15) is 33.5 Å². The zero-order valence-corrected chi connectivity index (χ0v) is 22.5. The molecule has 2 N–H and O–H groups in total. The summed E-state index contributed by atoms with van der Waals surface area (Å²) < 4.78 is 13.9. The molecule has 3 heterocycles. The van der Waals surface area contributed by atoms with Crippen LogP contribution >= 0.6 is 0 Å². The van der Waals surface area contributed by atoms with E-state index >= 15 is 0 Å². The number of allylic oxidation sites excluding steroid dienone is 1. The van der Waals surface area contributed by atoms with Crippen LogP contribution in [-0.2, 0) is 0 Å². The van der Waals surface area contributed by atoms with Crippen molar-refractivity contribution in [3.8, 4) is 11.4 Å². The molecule has 34 heavy (non-hydrogen) atoms. The summed E-state index contributed by atoms with van der Waals surface area (Å²) in [5, 5.41) is 4.42. The van der Waals surface area contributed by atoms with Crippen molar-refractivity contribution in [3.63, 3.8) is 0 Å². The van der Waals surface area contributed by atoms with Gasteiger partial charge in [-0.25, -0.2) is 14.4 Å². The van der Waals surface area contributed by atoms with E-state index in [1.54, 1.807) is 13.1 Å². The van der Waals surface area contributed by atoms with Crippen molar-refractivity contribution in [2.24, 2.45) is 4.99 Å². The molecule has 7 nitrogen and oxygen atoms in total. The molecular formula is C25H29FN7Na. The van der Waals surface area contributed by atoms with Gasteiger partial charge in [-0.1, -0.05) is 13.8 Å². The van der Waals surface area contributed by atoms with E-state index in [2.05, 4.69) is 42.3 Å². The minimum atomic E-state index is -0.382. The second-order valence-electron chi connectivity index (χ2n) is 7.53. The van der Waals surface area contributed by atoms with Crippen molar-refractivity contribution in [1.82, 2.24) is 19.9 Å². The molecule has 2 aromatic carbocycles. The van der Waals surface area contributed by atoms with Gasteiger partial charge in [0.25, 0.3) is 0 Å². The van der Waals surface area contributed by atoms with Crippen molar-refractivity contribution in [2.45, 2.75) is 27.7 Å². The number of nitrogens with zero attached hydrogens (tertiary/aromatic N) is 5. The number of anilines is 1. The Bertz CT molecular complexity index is 1310. The minimum Gasteiger partial charge on any atom is -0.659 e. The van der Waals surface area contributed by atoms with Crippen molar-refractivity contribution < 1.29 is 33.9 Å². The molecule has 0 atom stereocenters. The molecule has 0 saturated carbocycles. The molecule has 0 spiro atoms. The fourth-order valence-electron chi connectivity index (χ4n) is 3.91. The summed E-state index contributed by atoms with van der Waals surface area (Å²) in [5.74, 6) is 0.809. The predicted octanol–water partition coefficient (Wildman–Crippen LogP) is 3.08. The van der Waals surface area contributed by atoms with E-state index < -0.39 is 0 Å². The van der Waals surface area contributed by atoms with E-state index in [9.17, 15) is 4.39 Å². The van der Waals surface area contributed by atoms with Crippen LogP contribution in [0.2, 0.25) is 0 Å². The summed E-state index contributed by atoms with van der Waals surface area (Å²) in [7, 11) is 0. The largest absolute Gasteiger partial charge is 1.00 e. The van der Waals surface area contributed by atoms with Crippen LogP contribution < -0.4 is 34.5 Å². The first-order valence-corrected chi connectivity index (χ1v) is 11.4. The summed E-state index contributed by atoms with van der Waals surface area (Å²) in [4.78, 5) is 22.3. The van der Waals surface area contributed by atoms with Crippen LogP contribution in [-0.4, -0.2) is 52.3 Å². The van der Waals surface area contributed by atoms with Gasteiger partial charge < -0.3 is 20.2 Å². The van der Waals surface area contributed by atoms with E-state index in [-0.39, 0.29) is 41.1 Å². The maximum atomic E-state index is 13.9. The number of halogens is 1. The molecule has 1 fully saturated rings. The standard InChI is InChI=1S/C23H23FN7.C2H6.Na/c1-3-26-21(14(2)24)23-28-17-6-4-15(12-19(17)30-23)22-27-18-7-5-16(13-20(18)29-22)31-10-8-25-9-11-31;1-2;/h3-7,12-13H,8-11H2,1-2H3,(H,27,29)(H,28,30);1-2H3;/q-1;;+1/b21-14+,26-3?;;.